The summed E-state index contributed by atoms with van der Waals surface area (Å²) in [6.45, 7) is 0. The van der Waals surface area contributed by atoms with Crippen LogP contribution in [0.4, 0.5) is 0 Å². The molecule has 4 nitrogen and oxygen atoms in total. The lowest BCUT2D eigenvalue weighted by Crippen LogP contribution is -2.31. The van der Waals surface area contributed by atoms with Gasteiger partial charge in [-0.05, 0) is 36.1 Å². The van der Waals surface area contributed by atoms with Crippen molar-refractivity contribution in [3.05, 3.63) is 70.8 Å². The molecule has 1 unspecified atom stereocenters. The van der Waals surface area contributed by atoms with Gasteiger partial charge in [0.2, 0.25) is 0 Å². The molecule has 1 aliphatic carbocycles. The first-order valence-corrected chi connectivity index (χ1v) is 6.98. The van der Waals surface area contributed by atoms with E-state index in [1.54, 1.807) is 24.3 Å². The fraction of sp³-hybridized carbons (Fsp3) is 0.176. The van der Waals surface area contributed by atoms with Crippen LogP contribution in [0.1, 0.15) is 44.4 Å². The zero-order chi connectivity index (χ0) is 14.4. The van der Waals surface area contributed by atoms with E-state index in [1.807, 2.05) is 18.2 Å². The SMILES string of the molecule is O=C1c2ccccc2C(=O)N1OC1CCc2ccccc21. The largest absolute Gasteiger partial charge is 0.285 e. The van der Waals surface area contributed by atoms with Gasteiger partial charge >= 0.3 is 0 Å². The van der Waals surface area contributed by atoms with Gasteiger partial charge in [-0.25, -0.2) is 0 Å². The molecule has 0 radical (unpaired) electrons. The summed E-state index contributed by atoms with van der Waals surface area (Å²) in [5.74, 6) is -0.750. The number of carbonyl (C=O) groups excluding carboxylic acids is 2. The molecule has 2 aromatic carbocycles. The number of imide groups is 1. The molecular weight excluding hydrogens is 266 g/mol. The predicted octanol–water partition coefficient (Wildman–Crippen LogP) is 2.90. The highest BCUT2D eigenvalue weighted by Crippen LogP contribution is 2.36. The molecule has 0 bridgehead atoms. The molecule has 0 fully saturated rings. The van der Waals surface area contributed by atoms with Crippen LogP contribution >= 0.6 is 0 Å². The molecule has 0 saturated heterocycles. The Labute approximate surface area is 121 Å². The average Bonchev–Trinajstić information content (AvgIpc) is 3.04. The minimum absolute atomic E-state index is 0.233. The lowest BCUT2D eigenvalue weighted by molar-refractivity contribution is -0.133. The number of carbonyl (C=O) groups is 2. The van der Waals surface area contributed by atoms with Gasteiger partial charge in [0.25, 0.3) is 11.8 Å². The smallest absolute Gasteiger partial charge is 0.266 e. The second-order valence-electron chi connectivity index (χ2n) is 5.28. The standard InChI is InChI=1S/C17H13NO3/c19-16-13-7-3-4-8-14(13)17(20)18(16)21-15-10-9-11-5-1-2-6-12(11)15/h1-8,15H,9-10H2. The first-order chi connectivity index (χ1) is 10.3. The molecule has 21 heavy (non-hydrogen) atoms. The molecule has 0 spiro atoms. The first-order valence-electron chi connectivity index (χ1n) is 6.98. The molecule has 2 aliphatic rings. The molecule has 4 rings (SSSR count). The van der Waals surface area contributed by atoms with E-state index in [2.05, 4.69) is 6.07 Å². The number of benzene rings is 2. The minimum Gasteiger partial charge on any atom is -0.266 e. The fourth-order valence-electron chi connectivity index (χ4n) is 3.02. The molecule has 0 saturated carbocycles. The molecule has 1 heterocycles. The van der Waals surface area contributed by atoms with Gasteiger partial charge in [0.15, 0.2) is 0 Å². The Morgan fingerprint density at radius 1 is 0.905 bits per heavy atom. The molecule has 2 amide bonds. The van der Waals surface area contributed by atoms with Crippen LogP contribution in [-0.2, 0) is 11.3 Å². The molecule has 0 aromatic heterocycles. The molecule has 4 heteroatoms. The van der Waals surface area contributed by atoms with Crippen molar-refractivity contribution in [2.45, 2.75) is 18.9 Å². The Balaban J connectivity index is 1.63. The van der Waals surface area contributed by atoms with E-state index in [4.69, 9.17) is 4.84 Å². The highest BCUT2D eigenvalue weighted by atomic mass is 16.7. The summed E-state index contributed by atoms with van der Waals surface area (Å²) in [5.41, 5.74) is 3.11. The maximum Gasteiger partial charge on any atom is 0.285 e. The third-order valence-electron chi connectivity index (χ3n) is 4.07. The number of hydrogen-bond acceptors (Lipinski definition) is 3. The second-order valence-corrected chi connectivity index (χ2v) is 5.28. The average molecular weight is 279 g/mol. The van der Waals surface area contributed by atoms with Crippen molar-refractivity contribution in [1.29, 1.82) is 0 Å². The van der Waals surface area contributed by atoms with Gasteiger partial charge in [-0.1, -0.05) is 36.4 Å². The lowest BCUT2D eigenvalue weighted by Gasteiger charge is -2.19. The summed E-state index contributed by atoms with van der Waals surface area (Å²) >= 11 is 0. The summed E-state index contributed by atoms with van der Waals surface area (Å²) in [6, 6.07) is 14.8. The Kier molecular flexibility index (Phi) is 2.65. The van der Waals surface area contributed by atoms with E-state index in [1.165, 1.54) is 5.56 Å². The number of nitrogens with zero attached hydrogens (tertiary/aromatic N) is 1. The number of hydroxylamine groups is 2. The van der Waals surface area contributed by atoms with Gasteiger partial charge in [-0.15, -0.1) is 5.06 Å². The van der Waals surface area contributed by atoms with Crippen molar-refractivity contribution in [1.82, 2.24) is 5.06 Å². The van der Waals surface area contributed by atoms with Crippen LogP contribution in [0.5, 0.6) is 0 Å². The number of aryl methyl sites for hydroxylation is 1. The van der Waals surface area contributed by atoms with E-state index in [0.717, 1.165) is 23.5 Å². The van der Waals surface area contributed by atoms with Gasteiger partial charge in [-0.3, -0.25) is 14.4 Å². The monoisotopic (exact) mass is 279 g/mol. The van der Waals surface area contributed by atoms with E-state index in [-0.39, 0.29) is 17.9 Å². The van der Waals surface area contributed by atoms with Crippen molar-refractivity contribution in [3.8, 4) is 0 Å². The Morgan fingerprint density at radius 2 is 1.52 bits per heavy atom. The second kappa shape index (κ2) is 4.53. The van der Waals surface area contributed by atoms with Crippen LogP contribution in [0.2, 0.25) is 0 Å². The van der Waals surface area contributed by atoms with Gasteiger partial charge in [-0.2, -0.15) is 0 Å². The Bertz CT molecular complexity index is 718. The third kappa shape index (κ3) is 1.80. The molecule has 104 valence electrons. The van der Waals surface area contributed by atoms with Crippen LogP contribution in [-0.4, -0.2) is 16.9 Å². The third-order valence-corrected chi connectivity index (χ3v) is 4.07. The first kappa shape index (κ1) is 12.3. The van der Waals surface area contributed by atoms with Gasteiger partial charge in [0, 0.05) is 0 Å². The summed E-state index contributed by atoms with van der Waals surface area (Å²) in [5, 5.41) is 0.914. The van der Waals surface area contributed by atoms with E-state index < -0.39 is 0 Å². The van der Waals surface area contributed by atoms with E-state index in [9.17, 15) is 9.59 Å². The van der Waals surface area contributed by atoms with E-state index in [0.29, 0.717) is 11.1 Å². The molecule has 2 aromatic rings. The highest BCUT2D eigenvalue weighted by molar-refractivity contribution is 6.20. The summed E-state index contributed by atoms with van der Waals surface area (Å²) in [7, 11) is 0. The number of rotatable bonds is 2. The van der Waals surface area contributed by atoms with Gasteiger partial charge in [0.1, 0.15) is 6.10 Å². The molecule has 0 N–H and O–H groups in total. The molecule has 1 aliphatic heterocycles. The predicted molar refractivity (Wildman–Crippen MR) is 75.5 cm³/mol. The Hall–Kier alpha value is -2.46. The lowest BCUT2D eigenvalue weighted by atomic mass is 10.1. The van der Waals surface area contributed by atoms with Gasteiger partial charge in [0.05, 0.1) is 11.1 Å². The maximum absolute atomic E-state index is 12.3. The van der Waals surface area contributed by atoms with Crippen molar-refractivity contribution in [2.24, 2.45) is 0 Å². The number of fused-ring (bicyclic) bond motifs is 2. The van der Waals surface area contributed by atoms with Crippen molar-refractivity contribution in [3.63, 3.8) is 0 Å². The van der Waals surface area contributed by atoms with Crippen LogP contribution in [0.15, 0.2) is 48.5 Å². The quantitative estimate of drug-likeness (QED) is 0.794. The summed E-state index contributed by atoms with van der Waals surface area (Å²) < 4.78 is 0. The topological polar surface area (TPSA) is 46.6 Å². The maximum atomic E-state index is 12.3. The Morgan fingerprint density at radius 3 is 2.24 bits per heavy atom. The number of amides is 2. The van der Waals surface area contributed by atoms with Crippen molar-refractivity contribution >= 4 is 11.8 Å². The van der Waals surface area contributed by atoms with Crippen LogP contribution < -0.4 is 0 Å². The van der Waals surface area contributed by atoms with Gasteiger partial charge < -0.3 is 0 Å². The van der Waals surface area contributed by atoms with E-state index >= 15 is 0 Å². The zero-order valence-electron chi connectivity index (χ0n) is 11.3. The zero-order valence-corrected chi connectivity index (χ0v) is 11.3. The van der Waals surface area contributed by atoms with Crippen molar-refractivity contribution in [2.75, 3.05) is 0 Å². The van der Waals surface area contributed by atoms with Crippen LogP contribution in [0.3, 0.4) is 0 Å². The van der Waals surface area contributed by atoms with Crippen molar-refractivity contribution < 1.29 is 14.4 Å². The van der Waals surface area contributed by atoms with Crippen LogP contribution in [0, 0.1) is 0 Å². The normalized spacial score (nSPS) is 19.8. The molecular formula is C17H13NO3. The highest BCUT2D eigenvalue weighted by Gasteiger charge is 2.39. The van der Waals surface area contributed by atoms with Crippen LogP contribution in [0.25, 0.3) is 0 Å². The summed E-state index contributed by atoms with van der Waals surface area (Å²) in [6.07, 6.45) is 1.46. The molecule has 1 atom stereocenters. The minimum atomic E-state index is -0.375. The number of hydrogen-bond donors (Lipinski definition) is 0. The summed E-state index contributed by atoms with van der Waals surface area (Å²) in [4.78, 5) is 30.3. The fourth-order valence-corrected chi connectivity index (χ4v) is 3.02.